The first-order valence-electron chi connectivity index (χ1n) is 11.2. The number of aromatic amines is 1. The smallest absolute Gasteiger partial charge is 0.300 e. The molecule has 34 heavy (non-hydrogen) atoms. The number of amides is 1. The van der Waals surface area contributed by atoms with Crippen LogP contribution in [-0.2, 0) is 9.59 Å². The van der Waals surface area contributed by atoms with Crippen molar-refractivity contribution in [1.82, 2.24) is 4.98 Å². The highest BCUT2D eigenvalue weighted by Gasteiger charge is 2.47. The number of carbonyl (C=O) groups is 2. The van der Waals surface area contributed by atoms with E-state index < -0.39 is 17.7 Å². The number of nitrogens with zero attached hydrogens (tertiary/aromatic N) is 1. The maximum absolute atomic E-state index is 13.4. The first kappa shape index (κ1) is 21.5. The molecular weight excluding hydrogens is 428 g/mol. The predicted molar refractivity (Wildman–Crippen MR) is 132 cm³/mol. The zero-order valence-corrected chi connectivity index (χ0v) is 18.9. The summed E-state index contributed by atoms with van der Waals surface area (Å²) in [6.07, 6.45) is 1.80. The fourth-order valence-electron chi connectivity index (χ4n) is 4.57. The molecule has 2 heterocycles. The lowest BCUT2D eigenvalue weighted by Crippen LogP contribution is -2.29. The quantitative estimate of drug-likeness (QED) is 0.238. The van der Waals surface area contributed by atoms with E-state index in [1.807, 2.05) is 56.3 Å². The lowest BCUT2D eigenvalue weighted by Gasteiger charge is -2.25. The van der Waals surface area contributed by atoms with Crippen LogP contribution in [0.5, 0.6) is 5.75 Å². The second-order valence-electron chi connectivity index (χ2n) is 8.21. The second kappa shape index (κ2) is 8.56. The van der Waals surface area contributed by atoms with Gasteiger partial charge in [0.2, 0.25) is 0 Å². The van der Waals surface area contributed by atoms with E-state index in [0.29, 0.717) is 23.6 Å². The number of nitrogens with one attached hydrogen (secondary N) is 1. The number of ether oxygens (including phenoxy) is 1. The maximum atomic E-state index is 13.4. The molecule has 1 fully saturated rings. The average Bonchev–Trinajstić information content (AvgIpc) is 3.39. The Labute approximate surface area is 197 Å². The van der Waals surface area contributed by atoms with Gasteiger partial charge >= 0.3 is 0 Å². The van der Waals surface area contributed by atoms with E-state index in [-0.39, 0.29) is 11.3 Å². The number of benzene rings is 3. The van der Waals surface area contributed by atoms with E-state index in [9.17, 15) is 14.7 Å². The molecule has 0 spiro atoms. The minimum atomic E-state index is -0.787. The van der Waals surface area contributed by atoms with Gasteiger partial charge in [0.15, 0.2) is 0 Å². The largest absolute Gasteiger partial charge is 0.507 e. The molecule has 1 aromatic heterocycles. The van der Waals surface area contributed by atoms with E-state index in [2.05, 4.69) is 4.98 Å². The molecule has 0 bridgehead atoms. The van der Waals surface area contributed by atoms with Crippen LogP contribution in [-0.4, -0.2) is 28.4 Å². The highest BCUT2D eigenvalue weighted by Crippen LogP contribution is 2.44. The first-order chi connectivity index (χ1) is 16.5. The molecule has 1 saturated heterocycles. The van der Waals surface area contributed by atoms with E-state index >= 15 is 0 Å². The standard InChI is InChI=1S/C28H24N2O4/c1-3-34-23-14-13-18(15-17(23)2)26(31)24-25(21-16-29-22-12-8-7-11-20(21)22)30(28(33)27(24)32)19-9-5-4-6-10-19/h4-16,25,29,31H,3H2,1-2H3/b26-24+. The number of hydrogen-bond donors (Lipinski definition) is 2. The SMILES string of the molecule is CCOc1ccc(/C(O)=C2\C(=O)C(=O)N(c3ccccc3)C2c2c[nH]c3ccccc23)cc1C. The summed E-state index contributed by atoms with van der Waals surface area (Å²) in [7, 11) is 0. The van der Waals surface area contributed by atoms with E-state index in [1.165, 1.54) is 4.90 Å². The van der Waals surface area contributed by atoms with Crippen molar-refractivity contribution < 1.29 is 19.4 Å². The monoisotopic (exact) mass is 452 g/mol. The Morgan fingerprint density at radius 3 is 2.50 bits per heavy atom. The van der Waals surface area contributed by atoms with Crippen LogP contribution in [0.1, 0.15) is 29.7 Å². The van der Waals surface area contributed by atoms with Crippen molar-refractivity contribution in [2.45, 2.75) is 19.9 Å². The Kier molecular flexibility index (Phi) is 5.42. The Morgan fingerprint density at radius 1 is 1.03 bits per heavy atom. The summed E-state index contributed by atoms with van der Waals surface area (Å²) in [6.45, 7) is 4.30. The second-order valence-corrected chi connectivity index (χ2v) is 8.21. The average molecular weight is 453 g/mol. The molecular formula is C28H24N2O4. The molecule has 4 aromatic rings. The van der Waals surface area contributed by atoms with Gasteiger partial charge in [-0.1, -0.05) is 36.4 Å². The number of para-hydroxylation sites is 2. The number of aliphatic hydroxyl groups is 1. The van der Waals surface area contributed by atoms with Gasteiger partial charge in [0.05, 0.1) is 18.2 Å². The number of Topliss-reactive ketones (excluding diaryl/α,β-unsaturated/α-hetero) is 1. The Morgan fingerprint density at radius 2 is 1.76 bits per heavy atom. The molecule has 3 aromatic carbocycles. The van der Waals surface area contributed by atoms with Gasteiger partial charge in [-0.2, -0.15) is 0 Å². The third-order valence-corrected chi connectivity index (χ3v) is 6.14. The fraction of sp³-hybridized carbons (Fsp3) is 0.143. The zero-order valence-electron chi connectivity index (χ0n) is 18.9. The number of fused-ring (bicyclic) bond motifs is 1. The number of aromatic nitrogens is 1. The summed E-state index contributed by atoms with van der Waals surface area (Å²) in [6, 6.07) is 21.2. The number of anilines is 1. The Bertz CT molecular complexity index is 1440. The highest BCUT2D eigenvalue weighted by atomic mass is 16.5. The first-order valence-corrected chi connectivity index (χ1v) is 11.2. The van der Waals surface area contributed by atoms with Crippen molar-refractivity contribution >= 4 is 34.0 Å². The summed E-state index contributed by atoms with van der Waals surface area (Å²) in [5.74, 6) is -0.899. The van der Waals surface area contributed by atoms with Crippen molar-refractivity contribution in [1.29, 1.82) is 0 Å². The third kappa shape index (κ3) is 3.44. The molecule has 170 valence electrons. The molecule has 1 amide bonds. The van der Waals surface area contributed by atoms with Crippen LogP contribution in [0.4, 0.5) is 5.69 Å². The van der Waals surface area contributed by atoms with Crippen molar-refractivity contribution in [2.75, 3.05) is 11.5 Å². The van der Waals surface area contributed by atoms with Gasteiger partial charge in [0.1, 0.15) is 11.5 Å². The van der Waals surface area contributed by atoms with Gasteiger partial charge in [-0.25, -0.2) is 0 Å². The topological polar surface area (TPSA) is 82.6 Å². The lowest BCUT2D eigenvalue weighted by atomic mass is 9.94. The summed E-state index contributed by atoms with van der Waals surface area (Å²) in [4.78, 5) is 31.3. The Hall–Kier alpha value is -4.32. The Balaban J connectivity index is 1.74. The van der Waals surface area contributed by atoms with Crippen LogP contribution >= 0.6 is 0 Å². The molecule has 6 nitrogen and oxygen atoms in total. The van der Waals surface area contributed by atoms with Gasteiger partial charge < -0.3 is 14.8 Å². The molecule has 0 radical (unpaired) electrons. The molecule has 6 heteroatoms. The highest BCUT2D eigenvalue weighted by molar-refractivity contribution is 6.51. The number of hydrogen-bond acceptors (Lipinski definition) is 4. The number of aliphatic hydroxyl groups excluding tert-OH is 1. The number of carbonyl (C=O) groups excluding carboxylic acids is 2. The minimum Gasteiger partial charge on any atom is -0.507 e. The summed E-state index contributed by atoms with van der Waals surface area (Å²) in [5, 5.41) is 12.3. The molecule has 1 atom stereocenters. The van der Waals surface area contributed by atoms with Gasteiger partial charge in [-0.05, 0) is 55.8 Å². The summed E-state index contributed by atoms with van der Waals surface area (Å²) < 4.78 is 5.61. The van der Waals surface area contributed by atoms with E-state index in [1.54, 1.807) is 36.5 Å². The van der Waals surface area contributed by atoms with Crippen LogP contribution in [0.3, 0.4) is 0 Å². The van der Waals surface area contributed by atoms with Crippen molar-refractivity contribution in [3.63, 3.8) is 0 Å². The molecule has 2 N–H and O–H groups in total. The van der Waals surface area contributed by atoms with Crippen LogP contribution in [0.15, 0.2) is 84.6 Å². The third-order valence-electron chi connectivity index (χ3n) is 6.14. The van der Waals surface area contributed by atoms with Crippen LogP contribution in [0, 0.1) is 6.92 Å². The molecule has 0 aliphatic carbocycles. The fourth-order valence-corrected chi connectivity index (χ4v) is 4.57. The van der Waals surface area contributed by atoms with E-state index in [0.717, 1.165) is 22.0 Å². The molecule has 1 aliphatic heterocycles. The normalized spacial score (nSPS) is 17.5. The molecule has 5 rings (SSSR count). The van der Waals surface area contributed by atoms with Gasteiger partial charge in [0, 0.05) is 33.9 Å². The van der Waals surface area contributed by atoms with Crippen molar-refractivity contribution in [3.8, 4) is 5.75 Å². The van der Waals surface area contributed by atoms with Gasteiger partial charge in [-0.15, -0.1) is 0 Å². The number of H-pyrrole nitrogens is 1. The van der Waals surface area contributed by atoms with Gasteiger partial charge in [-0.3, -0.25) is 14.5 Å². The summed E-state index contributed by atoms with van der Waals surface area (Å²) in [5.41, 5.74) is 3.54. The molecule has 1 aliphatic rings. The van der Waals surface area contributed by atoms with Gasteiger partial charge in [0.25, 0.3) is 11.7 Å². The minimum absolute atomic E-state index is 0.0576. The zero-order chi connectivity index (χ0) is 23.8. The maximum Gasteiger partial charge on any atom is 0.300 e. The number of rotatable bonds is 5. The number of aryl methyl sites for hydroxylation is 1. The van der Waals surface area contributed by atoms with Crippen LogP contribution in [0.25, 0.3) is 16.7 Å². The summed E-state index contributed by atoms with van der Waals surface area (Å²) >= 11 is 0. The van der Waals surface area contributed by atoms with Crippen molar-refractivity contribution in [3.05, 3.63) is 101 Å². The van der Waals surface area contributed by atoms with E-state index in [4.69, 9.17) is 4.74 Å². The van der Waals surface area contributed by atoms with Crippen LogP contribution in [0.2, 0.25) is 0 Å². The molecule has 0 saturated carbocycles. The van der Waals surface area contributed by atoms with Crippen LogP contribution < -0.4 is 9.64 Å². The number of ketones is 1. The molecule has 1 unspecified atom stereocenters. The van der Waals surface area contributed by atoms with Crippen molar-refractivity contribution in [2.24, 2.45) is 0 Å². The lowest BCUT2D eigenvalue weighted by molar-refractivity contribution is -0.132. The predicted octanol–water partition coefficient (Wildman–Crippen LogP) is 5.50.